The van der Waals surface area contributed by atoms with Gasteiger partial charge < -0.3 is 20.3 Å². The number of benzene rings is 1. The summed E-state index contributed by atoms with van der Waals surface area (Å²) in [5.74, 6) is -0.570. The van der Waals surface area contributed by atoms with E-state index in [-0.39, 0.29) is 37.3 Å². The van der Waals surface area contributed by atoms with E-state index in [1.807, 2.05) is 32.9 Å². The van der Waals surface area contributed by atoms with Crippen LogP contribution in [0.3, 0.4) is 0 Å². The number of anilines is 1. The van der Waals surface area contributed by atoms with Crippen LogP contribution in [-0.4, -0.2) is 51.6 Å². The molecule has 0 saturated heterocycles. The monoisotopic (exact) mass is 364 g/mol. The van der Waals surface area contributed by atoms with E-state index in [0.29, 0.717) is 13.0 Å². The average molecular weight is 364 g/mol. The second-order valence-electron chi connectivity index (χ2n) is 6.66. The number of hydrogen-bond donors (Lipinski definition) is 3. The van der Waals surface area contributed by atoms with E-state index in [4.69, 9.17) is 0 Å². The highest BCUT2D eigenvalue weighted by molar-refractivity contribution is 5.93. The van der Waals surface area contributed by atoms with Gasteiger partial charge in [0.2, 0.25) is 0 Å². The minimum atomic E-state index is -0.291. The van der Waals surface area contributed by atoms with Gasteiger partial charge in [0.05, 0.1) is 14.2 Å². The van der Waals surface area contributed by atoms with Gasteiger partial charge in [-0.05, 0) is 38.3 Å². The summed E-state index contributed by atoms with van der Waals surface area (Å²) in [7, 11) is 3.13. The van der Waals surface area contributed by atoms with E-state index in [1.165, 1.54) is 7.11 Å². The van der Waals surface area contributed by atoms with Crippen LogP contribution >= 0.6 is 0 Å². The molecule has 1 aromatic carbocycles. The highest BCUT2D eigenvalue weighted by Crippen LogP contribution is 2.21. The Morgan fingerprint density at radius 1 is 1.04 bits per heavy atom. The van der Waals surface area contributed by atoms with E-state index in [0.717, 1.165) is 27.3 Å². The molecule has 7 nitrogen and oxygen atoms in total. The lowest BCUT2D eigenvalue weighted by Gasteiger charge is -2.16. The maximum Gasteiger partial charge on any atom is 0.305 e. The number of carbonyl (C=O) groups excluding carboxylic acids is 3. The van der Waals surface area contributed by atoms with Crippen LogP contribution in [0.15, 0.2) is 12.1 Å². The minimum Gasteiger partial charge on any atom is -0.469 e. The fraction of sp³-hybridized carbons (Fsp3) is 0.526. The van der Waals surface area contributed by atoms with Gasteiger partial charge in [-0.3, -0.25) is 14.4 Å². The van der Waals surface area contributed by atoms with Crippen molar-refractivity contribution >= 4 is 23.5 Å². The van der Waals surface area contributed by atoms with Gasteiger partial charge >= 0.3 is 5.97 Å². The molecule has 0 spiro atoms. The fourth-order valence-corrected chi connectivity index (χ4v) is 2.80. The van der Waals surface area contributed by atoms with Gasteiger partial charge in [0.25, 0.3) is 11.8 Å². The van der Waals surface area contributed by atoms with Crippen LogP contribution in [0.4, 0.5) is 5.69 Å². The number of esters is 1. The van der Waals surface area contributed by atoms with Crippen molar-refractivity contribution in [3.8, 4) is 0 Å². The van der Waals surface area contributed by atoms with E-state index >= 15 is 0 Å². The van der Waals surface area contributed by atoms with Gasteiger partial charge in [0.1, 0.15) is 0 Å². The van der Waals surface area contributed by atoms with Crippen molar-refractivity contribution in [1.29, 1.82) is 0 Å². The smallest absolute Gasteiger partial charge is 0.305 e. The number of ether oxygens (including phenoxy) is 1. The molecule has 3 N–H and O–H groups in total. The zero-order valence-corrected chi connectivity index (χ0v) is 16.3. The first-order valence-electron chi connectivity index (χ1n) is 8.75. The molecule has 0 aliphatic rings. The van der Waals surface area contributed by atoms with E-state index in [2.05, 4.69) is 15.4 Å². The predicted molar refractivity (Wildman–Crippen MR) is 100 cm³/mol. The lowest BCUT2D eigenvalue weighted by molar-refractivity contribution is -0.862. The predicted octanol–water partition coefficient (Wildman–Crippen LogP) is 0.134. The van der Waals surface area contributed by atoms with Gasteiger partial charge in [0.15, 0.2) is 13.1 Å². The van der Waals surface area contributed by atoms with Gasteiger partial charge in [-0.25, -0.2) is 0 Å². The molecule has 1 unspecified atom stereocenters. The molecule has 2 amide bonds. The molecule has 0 aliphatic heterocycles. The van der Waals surface area contributed by atoms with Crippen molar-refractivity contribution in [2.45, 2.75) is 33.6 Å². The van der Waals surface area contributed by atoms with Crippen molar-refractivity contribution in [2.75, 3.05) is 39.1 Å². The largest absolute Gasteiger partial charge is 0.469 e. The summed E-state index contributed by atoms with van der Waals surface area (Å²) in [6.07, 6.45) is 0.807. The summed E-state index contributed by atoms with van der Waals surface area (Å²) in [6.45, 7) is 6.75. The van der Waals surface area contributed by atoms with E-state index < -0.39 is 0 Å². The molecular formula is C19H30N3O4+. The first-order valence-corrected chi connectivity index (χ1v) is 8.75. The summed E-state index contributed by atoms with van der Waals surface area (Å²) in [5, 5.41) is 5.68. The van der Waals surface area contributed by atoms with Crippen LogP contribution < -0.4 is 15.5 Å². The Bertz CT molecular complexity index is 635. The molecule has 1 atom stereocenters. The number of amides is 2. The topological polar surface area (TPSA) is 88.9 Å². The number of aryl methyl sites for hydroxylation is 3. The summed E-state index contributed by atoms with van der Waals surface area (Å²) >= 11 is 0. The summed E-state index contributed by atoms with van der Waals surface area (Å²) in [4.78, 5) is 35.9. The molecule has 0 heterocycles. The quantitative estimate of drug-likeness (QED) is 0.429. The molecular weight excluding hydrogens is 334 g/mol. The number of rotatable bonds is 9. The fourth-order valence-electron chi connectivity index (χ4n) is 2.80. The Balaban J connectivity index is 2.38. The number of nitrogens with one attached hydrogen (secondary N) is 3. The maximum absolute atomic E-state index is 12.2. The summed E-state index contributed by atoms with van der Waals surface area (Å²) < 4.78 is 4.54. The zero-order chi connectivity index (χ0) is 19.7. The Morgan fingerprint density at radius 2 is 1.62 bits per heavy atom. The number of likely N-dealkylation sites (N-methyl/N-ethyl adjacent to an activating group) is 1. The third kappa shape index (κ3) is 7.65. The Morgan fingerprint density at radius 3 is 2.19 bits per heavy atom. The number of hydrogen-bond acceptors (Lipinski definition) is 4. The summed E-state index contributed by atoms with van der Waals surface area (Å²) in [6, 6.07) is 4.06. The normalized spacial score (nSPS) is 11.6. The SMILES string of the molecule is COC(=O)CCCNC(=O)C[NH+](C)CC(=O)Nc1c(C)cc(C)cc1C. The second kappa shape index (κ2) is 10.6. The summed E-state index contributed by atoms with van der Waals surface area (Å²) in [5.41, 5.74) is 4.04. The molecule has 0 saturated carbocycles. The number of quaternary nitrogens is 1. The van der Waals surface area contributed by atoms with Crippen LogP contribution in [0.1, 0.15) is 29.5 Å². The van der Waals surface area contributed by atoms with Gasteiger partial charge in [-0.2, -0.15) is 0 Å². The lowest BCUT2D eigenvalue weighted by atomic mass is 10.1. The highest BCUT2D eigenvalue weighted by atomic mass is 16.5. The van der Waals surface area contributed by atoms with Crippen LogP contribution in [0.2, 0.25) is 0 Å². The maximum atomic E-state index is 12.2. The van der Waals surface area contributed by atoms with Crippen molar-refractivity contribution in [2.24, 2.45) is 0 Å². The number of carbonyl (C=O) groups is 3. The van der Waals surface area contributed by atoms with Crippen molar-refractivity contribution in [3.05, 3.63) is 28.8 Å². The number of methoxy groups -OCH3 is 1. The third-order valence-corrected chi connectivity index (χ3v) is 3.97. The van der Waals surface area contributed by atoms with Gasteiger partial charge in [-0.15, -0.1) is 0 Å². The molecule has 26 heavy (non-hydrogen) atoms. The molecule has 0 bridgehead atoms. The van der Waals surface area contributed by atoms with Crippen LogP contribution in [-0.2, 0) is 19.1 Å². The van der Waals surface area contributed by atoms with Crippen molar-refractivity contribution in [3.63, 3.8) is 0 Å². The average Bonchev–Trinajstić information content (AvgIpc) is 2.54. The minimum absolute atomic E-state index is 0.129. The van der Waals surface area contributed by atoms with Crippen LogP contribution in [0.5, 0.6) is 0 Å². The van der Waals surface area contributed by atoms with E-state index in [9.17, 15) is 14.4 Å². The molecule has 0 aliphatic carbocycles. The molecule has 0 fully saturated rings. The molecule has 1 rings (SSSR count). The zero-order valence-electron chi connectivity index (χ0n) is 16.3. The highest BCUT2D eigenvalue weighted by Gasteiger charge is 2.15. The first kappa shape index (κ1) is 21.6. The van der Waals surface area contributed by atoms with Crippen LogP contribution in [0.25, 0.3) is 0 Å². The van der Waals surface area contributed by atoms with Crippen LogP contribution in [0, 0.1) is 20.8 Å². The molecule has 0 radical (unpaired) electrons. The first-order chi connectivity index (χ1) is 12.2. The Labute approximate surface area is 155 Å². The third-order valence-electron chi connectivity index (χ3n) is 3.97. The van der Waals surface area contributed by atoms with Gasteiger partial charge in [0, 0.05) is 18.7 Å². The molecule has 144 valence electrons. The lowest BCUT2D eigenvalue weighted by Crippen LogP contribution is -3.11. The Hall–Kier alpha value is -2.41. The standard InChI is InChI=1S/C19H29N3O4/c1-13-9-14(2)19(15(3)10-13)21-17(24)12-22(4)11-16(23)20-8-6-7-18(25)26-5/h9-10H,6-8,11-12H2,1-5H3,(H,20,23)(H,21,24)/p+1. The molecule has 1 aromatic rings. The molecule has 7 heteroatoms. The molecule has 0 aromatic heterocycles. The van der Waals surface area contributed by atoms with Gasteiger partial charge in [-0.1, -0.05) is 17.7 Å². The van der Waals surface area contributed by atoms with Crippen molar-refractivity contribution in [1.82, 2.24) is 5.32 Å². The second-order valence-corrected chi connectivity index (χ2v) is 6.66. The Kier molecular flexibility index (Phi) is 8.78. The van der Waals surface area contributed by atoms with E-state index in [1.54, 1.807) is 7.05 Å². The van der Waals surface area contributed by atoms with Crippen molar-refractivity contribution < 1.29 is 24.0 Å².